The summed E-state index contributed by atoms with van der Waals surface area (Å²) >= 11 is 0. The smallest absolute Gasteiger partial charge is 0.158 e. The van der Waals surface area contributed by atoms with Gasteiger partial charge in [-0.15, -0.1) is 0 Å². The van der Waals surface area contributed by atoms with Crippen LogP contribution in [0.1, 0.15) is 16.7 Å². The number of hydrogen-bond acceptors (Lipinski definition) is 2. The quantitative estimate of drug-likeness (QED) is 0.860. The fourth-order valence-electron chi connectivity index (χ4n) is 1.86. The molecule has 2 aromatic rings. The van der Waals surface area contributed by atoms with Gasteiger partial charge in [0.05, 0.1) is 11.5 Å². The molecule has 0 radical (unpaired) electrons. The van der Waals surface area contributed by atoms with Gasteiger partial charge in [0.15, 0.2) is 9.84 Å². The molecule has 2 aromatic carbocycles. The Bertz CT molecular complexity index is 664. The second kappa shape index (κ2) is 5.53. The molecule has 2 nitrogen and oxygen atoms in total. The van der Waals surface area contributed by atoms with Gasteiger partial charge in [-0.3, -0.25) is 0 Å². The number of benzene rings is 2. The molecule has 0 heterocycles. The molecule has 0 bridgehead atoms. The molecule has 19 heavy (non-hydrogen) atoms. The molecule has 0 aliphatic carbocycles. The second-order valence-electron chi connectivity index (χ2n) is 4.60. The van der Waals surface area contributed by atoms with Gasteiger partial charge < -0.3 is 0 Å². The van der Waals surface area contributed by atoms with Crippen LogP contribution in [0, 0.1) is 12.7 Å². The van der Waals surface area contributed by atoms with Crippen molar-refractivity contribution in [3.8, 4) is 0 Å². The van der Waals surface area contributed by atoms with Gasteiger partial charge in [0, 0.05) is 0 Å². The molecule has 0 aliphatic heterocycles. The third-order valence-corrected chi connectivity index (χ3v) is 4.40. The molecule has 2 rings (SSSR count). The van der Waals surface area contributed by atoms with Crippen molar-refractivity contribution in [1.82, 2.24) is 0 Å². The highest BCUT2D eigenvalue weighted by Crippen LogP contribution is 2.15. The number of aryl methyl sites for hydroxylation is 1. The van der Waals surface area contributed by atoms with Gasteiger partial charge in [0.2, 0.25) is 0 Å². The highest BCUT2D eigenvalue weighted by Gasteiger charge is 2.13. The Morgan fingerprint density at radius 1 is 0.947 bits per heavy atom. The first kappa shape index (κ1) is 13.7. The van der Waals surface area contributed by atoms with E-state index in [1.165, 1.54) is 6.07 Å². The van der Waals surface area contributed by atoms with Crippen molar-refractivity contribution in [1.29, 1.82) is 0 Å². The Labute approximate surface area is 112 Å². The van der Waals surface area contributed by atoms with Crippen molar-refractivity contribution >= 4 is 9.84 Å². The monoisotopic (exact) mass is 278 g/mol. The van der Waals surface area contributed by atoms with Gasteiger partial charge in [0.25, 0.3) is 0 Å². The fraction of sp³-hybridized carbons (Fsp3) is 0.200. The normalized spacial score (nSPS) is 11.5. The van der Waals surface area contributed by atoms with Crippen molar-refractivity contribution in [2.75, 3.05) is 0 Å². The van der Waals surface area contributed by atoms with Crippen molar-refractivity contribution < 1.29 is 12.8 Å². The molecular weight excluding hydrogens is 263 g/mol. The van der Waals surface area contributed by atoms with Crippen LogP contribution in [-0.4, -0.2) is 8.42 Å². The second-order valence-corrected chi connectivity index (χ2v) is 6.67. The van der Waals surface area contributed by atoms with E-state index in [2.05, 4.69) is 0 Å². The fourth-order valence-corrected chi connectivity index (χ4v) is 3.35. The first-order valence-electron chi connectivity index (χ1n) is 5.96. The lowest BCUT2D eigenvalue weighted by molar-refractivity contribution is 0.593. The number of rotatable bonds is 4. The van der Waals surface area contributed by atoms with Gasteiger partial charge >= 0.3 is 0 Å². The Morgan fingerprint density at radius 3 is 2.21 bits per heavy atom. The average molecular weight is 278 g/mol. The van der Waals surface area contributed by atoms with E-state index in [1.54, 1.807) is 43.3 Å². The Balaban J connectivity index is 2.15. The Morgan fingerprint density at radius 2 is 1.58 bits per heavy atom. The van der Waals surface area contributed by atoms with E-state index in [0.717, 1.165) is 5.56 Å². The lowest BCUT2D eigenvalue weighted by Crippen LogP contribution is -2.08. The van der Waals surface area contributed by atoms with E-state index in [0.29, 0.717) is 11.1 Å². The molecule has 0 atom stereocenters. The molecule has 0 amide bonds. The first-order chi connectivity index (χ1) is 8.96. The molecule has 0 fully saturated rings. The molecule has 100 valence electrons. The molecule has 0 saturated heterocycles. The van der Waals surface area contributed by atoms with E-state index in [4.69, 9.17) is 0 Å². The van der Waals surface area contributed by atoms with Crippen LogP contribution in [0.3, 0.4) is 0 Å². The van der Waals surface area contributed by atoms with Crippen LogP contribution >= 0.6 is 0 Å². The molecule has 0 N–H and O–H groups in total. The summed E-state index contributed by atoms with van der Waals surface area (Å²) in [6.45, 7) is 1.65. The lowest BCUT2D eigenvalue weighted by Gasteiger charge is -2.06. The van der Waals surface area contributed by atoms with Crippen LogP contribution in [0.5, 0.6) is 0 Å². The standard InChI is InChI=1S/C15H15FO2S/c1-12-7-8-14(9-15(12)16)11-19(17,18)10-13-5-3-2-4-6-13/h2-9H,10-11H2,1H3. The maximum atomic E-state index is 13.4. The summed E-state index contributed by atoms with van der Waals surface area (Å²) in [7, 11) is -3.28. The zero-order chi connectivity index (χ0) is 13.9. The summed E-state index contributed by atoms with van der Waals surface area (Å²) in [5.41, 5.74) is 1.75. The molecule has 0 aromatic heterocycles. The number of hydrogen-bond donors (Lipinski definition) is 0. The van der Waals surface area contributed by atoms with Crippen LogP contribution < -0.4 is 0 Å². The van der Waals surface area contributed by atoms with Gasteiger partial charge in [0.1, 0.15) is 5.82 Å². The maximum absolute atomic E-state index is 13.4. The van der Waals surface area contributed by atoms with Crippen LogP contribution in [0.25, 0.3) is 0 Å². The summed E-state index contributed by atoms with van der Waals surface area (Å²) in [6, 6.07) is 13.5. The summed E-state index contributed by atoms with van der Waals surface area (Å²) < 4.78 is 37.5. The summed E-state index contributed by atoms with van der Waals surface area (Å²) in [6.07, 6.45) is 0. The van der Waals surface area contributed by atoms with E-state index >= 15 is 0 Å². The Kier molecular flexibility index (Phi) is 4.00. The minimum atomic E-state index is -3.28. The zero-order valence-corrected chi connectivity index (χ0v) is 11.5. The van der Waals surface area contributed by atoms with Gasteiger partial charge in [-0.05, 0) is 29.7 Å². The third-order valence-electron chi connectivity index (χ3n) is 2.85. The van der Waals surface area contributed by atoms with E-state index < -0.39 is 9.84 Å². The highest BCUT2D eigenvalue weighted by molar-refractivity contribution is 7.89. The topological polar surface area (TPSA) is 34.1 Å². The number of sulfone groups is 1. The maximum Gasteiger partial charge on any atom is 0.158 e. The molecule has 0 spiro atoms. The highest BCUT2D eigenvalue weighted by atomic mass is 32.2. The van der Waals surface area contributed by atoms with Crippen LogP contribution in [0.15, 0.2) is 48.5 Å². The molecule has 0 aliphatic rings. The van der Waals surface area contributed by atoms with Gasteiger partial charge in [-0.2, -0.15) is 0 Å². The SMILES string of the molecule is Cc1ccc(CS(=O)(=O)Cc2ccccc2)cc1F. The van der Waals surface area contributed by atoms with Crippen LogP contribution in [-0.2, 0) is 21.3 Å². The average Bonchev–Trinajstić information content (AvgIpc) is 2.34. The number of halogens is 1. The molecule has 4 heteroatoms. The van der Waals surface area contributed by atoms with E-state index in [-0.39, 0.29) is 17.3 Å². The lowest BCUT2D eigenvalue weighted by atomic mass is 10.2. The van der Waals surface area contributed by atoms with Gasteiger partial charge in [-0.25, -0.2) is 12.8 Å². The van der Waals surface area contributed by atoms with Crippen LogP contribution in [0.2, 0.25) is 0 Å². The minimum Gasteiger partial charge on any atom is -0.228 e. The molecular formula is C15H15FO2S. The van der Waals surface area contributed by atoms with Gasteiger partial charge in [-0.1, -0.05) is 42.5 Å². The van der Waals surface area contributed by atoms with Crippen molar-refractivity contribution in [3.05, 3.63) is 71.0 Å². The minimum absolute atomic E-state index is 0.0245. The summed E-state index contributed by atoms with van der Waals surface area (Å²) in [4.78, 5) is 0. The van der Waals surface area contributed by atoms with Crippen molar-refractivity contribution in [3.63, 3.8) is 0 Å². The predicted molar refractivity (Wildman–Crippen MR) is 73.9 cm³/mol. The van der Waals surface area contributed by atoms with Crippen molar-refractivity contribution in [2.24, 2.45) is 0 Å². The summed E-state index contributed by atoms with van der Waals surface area (Å²) in [5.74, 6) is -0.532. The predicted octanol–water partition coefficient (Wildman–Crippen LogP) is 3.25. The Hall–Kier alpha value is -1.68. The van der Waals surface area contributed by atoms with E-state index in [1.807, 2.05) is 6.07 Å². The molecule has 0 unspecified atom stereocenters. The van der Waals surface area contributed by atoms with Crippen molar-refractivity contribution in [2.45, 2.75) is 18.4 Å². The largest absolute Gasteiger partial charge is 0.228 e. The molecule has 0 saturated carbocycles. The van der Waals surface area contributed by atoms with Crippen LogP contribution in [0.4, 0.5) is 4.39 Å². The van der Waals surface area contributed by atoms with E-state index in [9.17, 15) is 12.8 Å². The third kappa shape index (κ3) is 3.89. The summed E-state index contributed by atoms with van der Waals surface area (Å²) in [5, 5.41) is 0. The zero-order valence-electron chi connectivity index (χ0n) is 10.6. The first-order valence-corrected chi connectivity index (χ1v) is 7.78.